The molecular formula is C22H21FN2O. The summed E-state index contributed by atoms with van der Waals surface area (Å²) in [6.07, 6.45) is 4.12. The second kappa shape index (κ2) is 6.98. The van der Waals surface area contributed by atoms with Crippen LogP contribution >= 0.6 is 0 Å². The quantitative estimate of drug-likeness (QED) is 0.775. The largest absolute Gasteiger partial charge is 0.384 e. The highest BCUT2D eigenvalue weighted by molar-refractivity contribution is 5.63. The van der Waals surface area contributed by atoms with Gasteiger partial charge in [0.15, 0.2) is 0 Å². The van der Waals surface area contributed by atoms with Crippen molar-refractivity contribution in [1.82, 2.24) is 9.88 Å². The van der Waals surface area contributed by atoms with Gasteiger partial charge in [0.25, 0.3) is 0 Å². The van der Waals surface area contributed by atoms with Gasteiger partial charge in [-0.2, -0.15) is 0 Å². The minimum Gasteiger partial charge on any atom is -0.384 e. The SMILES string of the molecule is OC1(c2ccccc2F)CCN(Cc2cccc(-c3ccncc3)c2)C1. The van der Waals surface area contributed by atoms with Crippen LogP contribution in [-0.4, -0.2) is 28.1 Å². The van der Waals surface area contributed by atoms with Crippen LogP contribution in [0.15, 0.2) is 73.1 Å². The van der Waals surface area contributed by atoms with Crippen LogP contribution < -0.4 is 0 Å². The predicted molar refractivity (Wildman–Crippen MR) is 99.9 cm³/mol. The van der Waals surface area contributed by atoms with Gasteiger partial charge >= 0.3 is 0 Å². The number of hydrogen-bond donors (Lipinski definition) is 1. The highest BCUT2D eigenvalue weighted by atomic mass is 19.1. The average molecular weight is 348 g/mol. The molecule has 0 saturated carbocycles. The van der Waals surface area contributed by atoms with Crippen LogP contribution in [0.1, 0.15) is 17.5 Å². The second-order valence-electron chi connectivity index (χ2n) is 6.91. The molecule has 26 heavy (non-hydrogen) atoms. The van der Waals surface area contributed by atoms with Crippen LogP contribution in [0.2, 0.25) is 0 Å². The van der Waals surface area contributed by atoms with Gasteiger partial charge in [-0.25, -0.2) is 4.39 Å². The average Bonchev–Trinajstić information content (AvgIpc) is 3.04. The van der Waals surface area contributed by atoms with E-state index >= 15 is 0 Å². The zero-order valence-electron chi connectivity index (χ0n) is 14.5. The minimum absolute atomic E-state index is 0.337. The molecule has 0 amide bonds. The summed E-state index contributed by atoms with van der Waals surface area (Å²) in [5.74, 6) is -0.337. The zero-order chi connectivity index (χ0) is 18.0. The Kier molecular flexibility index (Phi) is 4.53. The summed E-state index contributed by atoms with van der Waals surface area (Å²) in [7, 11) is 0. The lowest BCUT2D eigenvalue weighted by molar-refractivity contribution is 0.0417. The topological polar surface area (TPSA) is 36.4 Å². The van der Waals surface area contributed by atoms with E-state index in [1.807, 2.05) is 18.2 Å². The smallest absolute Gasteiger partial charge is 0.129 e. The Morgan fingerprint density at radius 2 is 1.81 bits per heavy atom. The van der Waals surface area contributed by atoms with Gasteiger partial charge in [-0.15, -0.1) is 0 Å². The van der Waals surface area contributed by atoms with Crippen molar-refractivity contribution in [1.29, 1.82) is 0 Å². The van der Waals surface area contributed by atoms with Crippen molar-refractivity contribution in [2.24, 2.45) is 0 Å². The van der Waals surface area contributed by atoms with E-state index in [0.29, 0.717) is 18.5 Å². The number of pyridine rings is 1. The van der Waals surface area contributed by atoms with Crippen molar-refractivity contribution in [3.63, 3.8) is 0 Å². The molecule has 4 heteroatoms. The van der Waals surface area contributed by atoms with Crippen LogP contribution in [0.4, 0.5) is 4.39 Å². The minimum atomic E-state index is -1.12. The Bertz CT molecular complexity index is 899. The molecule has 3 aromatic rings. The first-order chi connectivity index (χ1) is 12.6. The van der Waals surface area contributed by atoms with E-state index in [2.05, 4.69) is 28.1 Å². The van der Waals surface area contributed by atoms with Gasteiger partial charge in [-0.3, -0.25) is 9.88 Å². The van der Waals surface area contributed by atoms with Gasteiger partial charge < -0.3 is 5.11 Å². The Morgan fingerprint density at radius 1 is 1.00 bits per heavy atom. The second-order valence-corrected chi connectivity index (χ2v) is 6.91. The van der Waals surface area contributed by atoms with Crippen molar-refractivity contribution in [3.05, 3.63) is 90.0 Å². The third kappa shape index (κ3) is 3.39. The third-order valence-electron chi connectivity index (χ3n) is 5.05. The van der Waals surface area contributed by atoms with Crippen LogP contribution in [0, 0.1) is 5.82 Å². The fourth-order valence-corrected chi connectivity index (χ4v) is 3.72. The van der Waals surface area contributed by atoms with Gasteiger partial charge in [-0.1, -0.05) is 36.4 Å². The number of hydrogen-bond acceptors (Lipinski definition) is 3. The van der Waals surface area contributed by atoms with Crippen LogP contribution in [0.5, 0.6) is 0 Å². The highest BCUT2D eigenvalue weighted by Crippen LogP contribution is 2.34. The predicted octanol–water partition coefficient (Wildman–Crippen LogP) is 3.98. The molecule has 1 aromatic heterocycles. The van der Waals surface area contributed by atoms with Gasteiger partial charge in [0.1, 0.15) is 11.4 Å². The van der Waals surface area contributed by atoms with E-state index in [1.54, 1.807) is 30.6 Å². The van der Waals surface area contributed by atoms with Crippen molar-refractivity contribution in [2.75, 3.05) is 13.1 Å². The molecule has 2 heterocycles. The monoisotopic (exact) mass is 348 g/mol. The molecule has 3 nitrogen and oxygen atoms in total. The molecule has 1 N–H and O–H groups in total. The summed E-state index contributed by atoms with van der Waals surface area (Å²) < 4.78 is 14.1. The third-order valence-corrected chi connectivity index (χ3v) is 5.05. The first kappa shape index (κ1) is 16.9. The fraction of sp³-hybridized carbons (Fsp3) is 0.227. The van der Waals surface area contributed by atoms with Gasteiger partial charge in [0, 0.05) is 37.6 Å². The molecule has 1 saturated heterocycles. The number of likely N-dealkylation sites (tertiary alicyclic amines) is 1. The van der Waals surface area contributed by atoms with Crippen LogP contribution in [0.25, 0.3) is 11.1 Å². The maximum atomic E-state index is 14.1. The van der Waals surface area contributed by atoms with Crippen molar-refractivity contribution in [3.8, 4) is 11.1 Å². The summed E-state index contributed by atoms with van der Waals surface area (Å²) in [5.41, 5.74) is 2.73. The molecule has 1 unspecified atom stereocenters. The Balaban J connectivity index is 1.50. The molecule has 1 aliphatic rings. The number of aromatic nitrogens is 1. The summed E-state index contributed by atoms with van der Waals surface area (Å²) in [5, 5.41) is 10.9. The molecule has 0 radical (unpaired) electrons. The summed E-state index contributed by atoms with van der Waals surface area (Å²) in [6, 6.07) is 18.9. The van der Waals surface area contributed by atoms with Gasteiger partial charge in [0.2, 0.25) is 0 Å². The normalized spacial score (nSPS) is 20.4. The van der Waals surface area contributed by atoms with Gasteiger partial charge in [-0.05, 0) is 47.4 Å². The molecule has 1 atom stereocenters. The number of aliphatic hydroxyl groups is 1. The Hall–Kier alpha value is -2.56. The number of halogens is 1. The summed E-state index contributed by atoms with van der Waals surface area (Å²) in [4.78, 5) is 6.24. The molecule has 0 aliphatic carbocycles. The van der Waals surface area contributed by atoms with E-state index in [0.717, 1.165) is 24.2 Å². The molecule has 2 aromatic carbocycles. The lowest BCUT2D eigenvalue weighted by Crippen LogP contribution is -2.31. The lowest BCUT2D eigenvalue weighted by Gasteiger charge is -2.24. The number of benzene rings is 2. The zero-order valence-corrected chi connectivity index (χ0v) is 14.5. The van der Waals surface area contributed by atoms with E-state index < -0.39 is 5.60 Å². The molecule has 132 valence electrons. The van der Waals surface area contributed by atoms with Crippen LogP contribution in [-0.2, 0) is 12.1 Å². The van der Waals surface area contributed by atoms with Crippen molar-refractivity contribution < 1.29 is 9.50 Å². The van der Waals surface area contributed by atoms with Crippen LogP contribution in [0.3, 0.4) is 0 Å². The Labute approximate surface area is 152 Å². The first-order valence-electron chi connectivity index (χ1n) is 8.83. The highest BCUT2D eigenvalue weighted by Gasteiger charge is 2.39. The van der Waals surface area contributed by atoms with E-state index in [-0.39, 0.29) is 5.82 Å². The summed E-state index contributed by atoms with van der Waals surface area (Å²) >= 11 is 0. The van der Waals surface area contributed by atoms with E-state index in [4.69, 9.17) is 0 Å². The van der Waals surface area contributed by atoms with Crippen molar-refractivity contribution in [2.45, 2.75) is 18.6 Å². The Morgan fingerprint density at radius 3 is 2.62 bits per heavy atom. The maximum Gasteiger partial charge on any atom is 0.129 e. The molecule has 1 fully saturated rings. The molecule has 0 spiro atoms. The van der Waals surface area contributed by atoms with E-state index in [1.165, 1.54) is 11.6 Å². The number of β-amino-alcohol motifs (C(OH)–C–C–N with tert-alkyl or cyclic N) is 1. The molecular weight excluding hydrogens is 327 g/mol. The molecule has 0 bridgehead atoms. The fourth-order valence-electron chi connectivity index (χ4n) is 3.72. The number of nitrogens with zero attached hydrogens (tertiary/aromatic N) is 2. The van der Waals surface area contributed by atoms with Crippen molar-refractivity contribution >= 4 is 0 Å². The molecule has 4 rings (SSSR count). The molecule has 1 aliphatic heterocycles. The summed E-state index contributed by atoms with van der Waals surface area (Å²) in [6.45, 7) is 1.91. The first-order valence-corrected chi connectivity index (χ1v) is 8.83. The number of rotatable bonds is 4. The standard InChI is InChI=1S/C22H21FN2O/c23-21-7-2-1-6-20(21)22(26)10-13-25(16-22)15-17-4-3-5-19(14-17)18-8-11-24-12-9-18/h1-9,11-12,14,26H,10,13,15-16H2. The lowest BCUT2D eigenvalue weighted by atomic mass is 9.92. The van der Waals surface area contributed by atoms with E-state index in [9.17, 15) is 9.50 Å². The van der Waals surface area contributed by atoms with Gasteiger partial charge in [0.05, 0.1) is 0 Å². The maximum absolute atomic E-state index is 14.1.